The minimum absolute atomic E-state index is 0.0314. The van der Waals surface area contributed by atoms with Gasteiger partial charge in [0.15, 0.2) is 0 Å². The second-order valence-electron chi connectivity index (χ2n) is 9.77. The summed E-state index contributed by atoms with van der Waals surface area (Å²) in [7, 11) is 1.59. The molecule has 192 valence electrons. The predicted octanol–water partition coefficient (Wildman–Crippen LogP) is 6.73. The molecule has 0 saturated carbocycles. The second kappa shape index (κ2) is 12.5. The first-order valence-corrected chi connectivity index (χ1v) is 13.1. The van der Waals surface area contributed by atoms with Crippen molar-refractivity contribution in [2.45, 2.75) is 44.7 Å². The number of rotatable bonds is 11. The van der Waals surface area contributed by atoms with Gasteiger partial charge in [-0.1, -0.05) is 23.7 Å². The van der Waals surface area contributed by atoms with Gasteiger partial charge in [0, 0.05) is 29.6 Å². The lowest BCUT2D eigenvalue weighted by Gasteiger charge is -2.38. The lowest BCUT2D eigenvalue weighted by Crippen LogP contribution is -2.42. The van der Waals surface area contributed by atoms with E-state index in [-0.39, 0.29) is 18.3 Å². The van der Waals surface area contributed by atoms with Gasteiger partial charge in [-0.05, 0) is 105 Å². The van der Waals surface area contributed by atoms with Gasteiger partial charge in [0.1, 0.15) is 11.9 Å². The van der Waals surface area contributed by atoms with Crippen LogP contribution in [0.25, 0.3) is 10.9 Å². The maximum Gasteiger partial charge on any atom is 0.303 e. The van der Waals surface area contributed by atoms with Crippen molar-refractivity contribution in [1.82, 2.24) is 9.88 Å². The summed E-state index contributed by atoms with van der Waals surface area (Å²) in [6.45, 7) is 2.59. The summed E-state index contributed by atoms with van der Waals surface area (Å²) in [6.07, 6.45) is 4.51. The van der Waals surface area contributed by atoms with Gasteiger partial charge in [-0.15, -0.1) is 0 Å². The maximum absolute atomic E-state index is 15.5. The molecule has 1 saturated heterocycles. The van der Waals surface area contributed by atoms with E-state index in [9.17, 15) is 9.90 Å². The van der Waals surface area contributed by atoms with E-state index >= 15 is 4.39 Å². The number of hydrogen-bond acceptors (Lipinski definition) is 4. The number of alkyl halides is 1. The molecule has 0 bridgehead atoms. The third-order valence-corrected chi connectivity index (χ3v) is 7.59. The van der Waals surface area contributed by atoms with Crippen molar-refractivity contribution in [3.05, 3.63) is 70.9 Å². The van der Waals surface area contributed by atoms with Crippen LogP contribution in [0.3, 0.4) is 0 Å². The molecular formula is C29H34ClFN2O3. The molecule has 3 atom stereocenters. The molecule has 4 rings (SSSR count). The Morgan fingerprint density at radius 3 is 2.89 bits per heavy atom. The van der Waals surface area contributed by atoms with Crippen LogP contribution in [0, 0.1) is 11.8 Å². The van der Waals surface area contributed by atoms with Crippen LogP contribution in [0.4, 0.5) is 4.39 Å². The SMILES string of the molecule is COc1ccc2nccc([C@H](F)CC[C@@H]3CCN(CCCc4cccc(Cl)c4)C[C@@H]3CC(=O)O)c2c1. The molecule has 0 aliphatic carbocycles. The summed E-state index contributed by atoms with van der Waals surface area (Å²) in [4.78, 5) is 18.3. The molecule has 1 N–H and O–H groups in total. The van der Waals surface area contributed by atoms with Crippen LogP contribution in [-0.4, -0.2) is 47.7 Å². The number of nitrogens with zero attached hydrogens (tertiary/aromatic N) is 2. The Morgan fingerprint density at radius 1 is 1.25 bits per heavy atom. The Labute approximate surface area is 217 Å². The highest BCUT2D eigenvalue weighted by Gasteiger charge is 2.31. The lowest BCUT2D eigenvalue weighted by atomic mass is 9.79. The minimum Gasteiger partial charge on any atom is -0.497 e. The number of carboxylic acid groups (broad SMARTS) is 1. The zero-order valence-electron chi connectivity index (χ0n) is 20.7. The average molecular weight is 513 g/mol. The largest absolute Gasteiger partial charge is 0.497 e. The quantitative estimate of drug-likeness (QED) is 0.308. The molecule has 5 nitrogen and oxygen atoms in total. The molecule has 0 radical (unpaired) electrons. The molecule has 2 heterocycles. The Bertz CT molecular complexity index is 1170. The number of pyridine rings is 1. The standard InChI is InChI=1S/C29H34ClFN2O3/c1-36-24-8-10-28-26(18-24)25(11-13-32-28)27(31)9-7-21-12-15-33(19-22(21)17-29(34)35)14-3-5-20-4-2-6-23(30)16-20/h2,4,6,8,10-11,13,16,18,21-22,27H,3,5,7,9,12,14-15,17,19H2,1H3,(H,34,35)/t21-,22+,27-/m1/s1. The van der Waals surface area contributed by atoms with E-state index in [1.165, 1.54) is 5.56 Å². The number of aryl methyl sites for hydroxylation is 1. The van der Waals surface area contributed by atoms with Crippen LogP contribution < -0.4 is 4.74 Å². The molecule has 2 aromatic carbocycles. The number of benzene rings is 2. The smallest absolute Gasteiger partial charge is 0.303 e. The van der Waals surface area contributed by atoms with E-state index in [1.54, 1.807) is 19.4 Å². The molecule has 1 fully saturated rings. The van der Waals surface area contributed by atoms with E-state index in [4.69, 9.17) is 16.3 Å². The van der Waals surface area contributed by atoms with Crippen molar-refractivity contribution in [3.63, 3.8) is 0 Å². The van der Waals surface area contributed by atoms with E-state index in [0.717, 1.165) is 54.8 Å². The summed E-state index contributed by atoms with van der Waals surface area (Å²) in [6, 6.07) is 15.2. The molecule has 1 aliphatic rings. The van der Waals surface area contributed by atoms with Gasteiger partial charge in [-0.3, -0.25) is 9.78 Å². The predicted molar refractivity (Wildman–Crippen MR) is 141 cm³/mol. The normalized spacial score (nSPS) is 19.3. The summed E-state index contributed by atoms with van der Waals surface area (Å²) in [5.74, 6) is 0.123. The average Bonchev–Trinajstić information content (AvgIpc) is 2.87. The van der Waals surface area contributed by atoms with E-state index < -0.39 is 12.1 Å². The Morgan fingerprint density at radius 2 is 2.11 bits per heavy atom. The number of hydrogen-bond donors (Lipinski definition) is 1. The molecule has 3 aromatic rings. The van der Waals surface area contributed by atoms with Gasteiger partial charge in [0.25, 0.3) is 0 Å². The number of likely N-dealkylation sites (tertiary alicyclic amines) is 1. The van der Waals surface area contributed by atoms with E-state index in [1.807, 2.05) is 36.4 Å². The number of piperidine rings is 1. The van der Waals surface area contributed by atoms with Crippen LogP contribution in [-0.2, 0) is 11.2 Å². The number of carbonyl (C=O) groups is 1. The van der Waals surface area contributed by atoms with Crippen molar-refractivity contribution in [2.75, 3.05) is 26.7 Å². The van der Waals surface area contributed by atoms with Crippen molar-refractivity contribution in [2.24, 2.45) is 11.8 Å². The number of fused-ring (bicyclic) bond motifs is 1. The summed E-state index contributed by atoms with van der Waals surface area (Å²) in [5.41, 5.74) is 2.58. The molecule has 0 unspecified atom stereocenters. The Hall–Kier alpha value is -2.70. The first-order valence-electron chi connectivity index (χ1n) is 12.7. The highest BCUT2D eigenvalue weighted by molar-refractivity contribution is 6.30. The van der Waals surface area contributed by atoms with Crippen LogP contribution in [0.2, 0.25) is 5.02 Å². The topological polar surface area (TPSA) is 62.7 Å². The van der Waals surface area contributed by atoms with Crippen molar-refractivity contribution < 1.29 is 19.0 Å². The van der Waals surface area contributed by atoms with Gasteiger partial charge in [0.05, 0.1) is 12.6 Å². The maximum atomic E-state index is 15.5. The molecular weight excluding hydrogens is 479 g/mol. The fourth-order valence-electron chi connectivity index (χ4n) is 5.46. The molecule has 0 spiro atoms. The van der Waals surface area contributed by atoms with Gasteiger partial charge in [-0.25, -0.2) is 4.39 Å². The van der Waals surface area contributed by atoms with E-state index in [2.05, 4.69) is 16.0 Å². The summed E-state index contributed by atoms with van der Waals surface area (Å²) >= 11 is 6.09. The van der Waals surface area contributed by atoms with Gasteiger partial charge < -0.3 is 14.7 Å². The van der Waals surface area contributed by atoms with Crippen LogP contribution in [0.1, 0.15) is 49.4 Å². The van der Waals surface area contributed by atoms with E-state index in [0.29, 0.717) is 24.2 Å². The van der Waals surface area contributed by atoms with Crippen LogP contribution in [0.5, 0.6) is 5.75 Å². The summed E-state index contributed by atoms with van der Waals surface area (Å²) in [5, 5.41) is 11.0. The fourth-order valence-corrected chi connectivity index (χ4v) is 5.67. The third-order valence-electron chi connectivity index (χ3n) is 7.35. The van der Waals surface area contributed by atoms with Gasteiger partial charge in [0.2, 0.25) is 0 Å². The molecule has 7 heteroatoms. The number of halogens is 2. The number of methoxy groups -OCH3 is 1. The van der Waals surface area contributed by atoms with Gasteiger partial charge in [-0.2, -0.15) is 0 Å². The van der Waals surface area contributed by atoms with Crippen molar-refractivity contribution >= 4 is 28.5 Å². The first-order chi connectivity index (χ1) is 17.4. The third kappa shape index (κ3) is 6.95. The highest BCUT2D eigenvalue weighted by Crippen LogP contribution is 2.36. The molecule has 1 aromatic heterocycles. The minimum atomic E-state index is -1.14. The van der Waals surface area contributed by atoms with Gasteiger partial charge >= 0.3 is 5.97 Å². The number of aromatic nitrogens is 1. The lowest BCUT2D eigenvalue weighted by molar-refractivity contribution is -0.139. The van der Waals surface area contributed by atoms with Crippen LogP contribution >= 0.6 is 11.6 Å². The monoisotopic (exact) mass is 512 g/mol. The Kier molecular flexibility index (Phi) is 9.16. The van der Waals surface area contributed by atoms with Crippen molar-refractivity contribution in [1.29, 1.82) is 0 Å². The molecule has 36 heavy (non-hydrogen) atoms. The number of aliphatic carboxylic acids is 1. The van der Waals surface area contributed by atoms with Crippen molar-refractivity contribution in [3.8, 4) is 5.75 Å². The molecule has 0 amide bonds. The number of carboxylic acids is 1. The zero-order chi connectivity index (χ0) is 25.5. The Balaban J connectivity index is 1.34. The molecule has 1 aliphatic heterocycles. The first kappa shape index (κ1) is 26.4. The fraction of sp³-hybridized carbons (Fsp3) is 0.448. The zero-order valence-corrected chi connectivity index (χ0v) is 21.5. The van der Waals surface area contributed by atoms with Crippen LogP contribution in [0.15, 0.2) is 54.7 Å². The second-order valence-corrected chi connectivity index (χ2v) is 10.2. The summed E-state index contributed by atoms with van der Waals surface area (Å²) < 4.78 is 20.8. The number of ether oxygens (including phenoxy) is 1. The highest BCUT2D eigenvalue weighted by atomic mass is 35.5.